The number of fused-ring (bicyclic) bond motifs is 1. The molecule has 0 bridgehead atoms. The summed E-state index contributed by atoms with van der Waals surface area (Å²) in [5.41, 5.74) is 4.86. The molecule has 5 nitrogen and oxygen atoms in total. The van der Waals surface area contributed by atoms with Gasteiger partial charge in [0.2, 0.25) is 15.9 Å². The summed E-state index contributed by atoms with van der Waals surface area (Å²) in [5.74, 6) is -0.251. The molecule has 0 saturated carbocycles. The van der Waals surface area contributed by atoms with Crippen molar-refractivity contribution in [2.75, 3.05) is 10.6 Å². The standard InChI is InChI=1S/C23H30N2O3S/c1-5-22(25(29(4,27)28)19-14-16(2)13-17(3)15-19)23(26)24-21-12-8-10-18-9-6-7-11-20(18)21/h6-7,9,11,13-15,21-22H,5,8,10,12H2,1-4H3,(H,24,26). The van der Waals surface area contributed by atoms with Gasteiger partial charge in [-0.3, -0.25) is 9.10 Å². The van der Waals surface area contributed by atoms with Crippen molar-refractivity contribution in [3.63, 3.8) is 0 Å². The second kappa shape index (κ2) is 8.57. The molecule has 1 aliphatic carbocycles. The van der Waals surface area contributed by atoms with Crippen molar-refractivity contribution in [1.82, 2.24) is 5.32 Å². The number of hydrogen-bond acceptors (Lipinski definition) is 3. The van der Waals surface area contributed by atoms with Gasteiger partial charge < -0.3 is 5.32 Å². The van der Waals surface area contributed by atoms with Crippen LogP contribution in [-0.4, -0.2) is 26.6 Å². The fourth-order valence-corrected chi connectivity index (χ4v) is 5.51. The van der Waals surface area contributed by atoms with Crippen LogP contribution < -0.4 is 9.62 Å². The van der Waals surface area contributed by atoms with E-state index in [9.17, 15) is 13.2 Å². The van der Waals surface area contributed by atoms with Crippen LogP contribution in [0, 0.1) is 13.8 Å². The second-order valence-electron chi connectivity index (χ2n) is 7.98. The van der Waals surface area contributed by atoms with Gasteiger partial charge in [0.15, 0.2) is 0 Å². The number of carbonyl (C=O) groups excluding carboxylic acids is 1. The van der Waals surface area contributed by atoms with Crippen LogP contribution in [0.25, 0.3) is 0 Å². The van der Waals surface area contributed by atoms with Crippen molar-refractivity contribution in [3.8, 4) is 0 Å². The van der Waals surface area contributed by atoms with E-state index in [0.29, 0.717) is 12.1 Å². The highest BCUT2D eigenvalue weighted by Gasteiger charge is 2.33. The van der Waals surface area contributed by atoms with Crippen molar-refractivity contribution in [2.45, 2.75) is 58.5 Å². The smallest absolute Gasteiger partial charge is 0.244 e. The van der Waals surface area contributed by atoms with Gasteiger partial charge >= 0.3 is 0 Å². The molecule has 0 radical (unpaired) electrons. The van der Waals surface area contributed by atoms with Crippen LogP contribution in [-0.2, 0) is 21.2 Å². The number of benzene rings is 2. The van der Waals surface area contributed by atoms with Crippen molar-refractivity contribution in [3.05, 3.63) is 64.7 Å². The molecule has 2 unspecified atom stereocenters. The van der Waals surface area contributed by atoms with E-state index in [4.69, 9.17) is 0 Å². The Morgan fingerprint density at radius 2 is 1.83 bits per heavy atom. The summed E-state index contributed by atoms with van der Waals surface area (Å²) < 4.78 is 26.7. The molecule has 1 amide bonds. The van der Waals surface area contributed by atoms with Crippen molar-refractivity contribution in [1.29, 1.82) is 0 Å². The van der Waals surface area contributed by atoms with Gasteiger partial charge in [0.05, 0.1) is 18.0 Å². The maximum absolute atomic E-state index is 13.3. The molecule has 2 aromatic rings. The summed E-state index contributed by atoms with van der Waals surface area (Å²) in [5, 5.41) is 3.13. The second-order valence-corrected chi connectivity index (χ2v) is 9.84. The largest absolute Gasteiger partial charge is 0.347 e. The predicted molar refractivity (Wildman–Crippen MR) is 118 cm³/mol. The first-order valence-electron chi connectivity index (χ1n) is 10.2. The van der Waals surface area contributed by atoms with Crippen molar-refractivity contribution < 1.29 is 13.2 Å². The normalized spacial score (nSPS) is 17.3. The molecule has 3 rings (SSSR count). The first kappa shape index (κ1) is 21.4. The van der Waals surface area contributed by atoms with Crippen LogP contribution in [0.5, 0.6) is 0 Å². The Bertz CT molecular complexity index is 981. The zero-order valence-electron chi connectivity index (χ0n) is 17.6. The molecule has 1 N–H and O–H groups in total. The number of nitrogens with one attached hydrogen (secondary N) is 1. The minimum absolute atomic E-state index is 0.0813. The van der Waals surface area contributed by atoms with E-state index in [-0.39, 0.29) is 11.9 Å². The summed E-state index contributed by atoms with van der Waals surface area (Å²) in [4.78, 5) is 13.3. The fourth-order valence-electron chi connectivity index (χ4n) is 4.31. The number of sulfonamides is 1. The van der Waals surface area contributed by atoms with Crippen LogP contribution >= 0.6 is 0 Å². The highest BCUT2D eigenvalue weighted by molar-refractivity contribution is 7.92. The predicted octanol–water partition coefficient (Wildman–Crippen LogP) is 4.04. The molecule has 2 atom stereocenters. The third-order valence-corrected chi connectivity index (χ3v) is 6.66. The lowest BCUT2D eigenvalue weighted by molar-refractivity contribution is -0.123. The van der Waals surface area contributed by atoms with Crippen LogP contribution in [0.15, 0.2) is 42.5 Å². The number of hydrogen-bond donors (Lipinski definition) is 1. The Hall–Kier alpha value is -2.34. The van der Waals surface area contributed by atoms with Crippen LogP contribution in [0.2, 0.25) is 0 Å². The summed E-state index contributed by atoms with van der Waals surface area (Å²) in [6.07, 6.45) is 4.43. The third-order valence-electron chi connectivity index (χ3n) is 5.48. The first-order valence-corrected chi connectivity index (χ1v) is 12.0. The molecule has 0 aliphatic heterocycles. The highest BCUT2D eigenvalue weighted by Crippen LogP contribution is 2.30. The average Bonchev–Trinajstić information content (AvgIpc) is 2.64. The van der Waals surface area contributed by atoms with E-state index in [0.717, 1.165) is 42.2 Å². The Balaban J connectivity index is 1.92. The Kier molecular flexibility index (Phi) is 6.32. The van der Waals surface area contributed by atoms with E-state index in [1.807, 2.05) is 51.1 Å². The minimum Gasteiger partial charge on any atom is -0.347 e. The Morgan fingerprint density at radius 1 is 1.17 bits per heavy atom. The summed E-state index contributed by atoms with van der Waals surface area (Å²) in [7, 11) is -3.64. The molecule has 0 aromatic heterocycles. The van der Waals surface area contributed by atoms with Crippen molar-refractivity contribution in [2.24, 2.45) is 0 Å². The summed E-state index contributed by atoms with van der Waals surface area (Å²) >= 11 is 0. The zero-order chi connectivity index (χ0) is 21.2. The topological polar surface area (TPSA) is 66.5 Å². The van der Waals surface area contributed by atoms with E-state index in [1.54, 1.807) is 0 Å². The molecule has 6 heteroatoms. The van der Waals surface area contributed by atoms with Gasteiger partial charge in [0.1, 0.15) is 6.04 Å². The molecular formula is C23H30N2O3S. The lowest BCUT2D eigenvalue weighted by Crippen LogP contribution is -2.50. The lowest BCUT2D eigenvalue weighted by Gasteiger charge is -2.33. The molecule has 2 aromatic carbocycles. The lowest BCUT2D eigenvalue weighted by atomic mass is 9.87. The van der Waals surface area contributed by atoms with Crippen LogP contribution in [0.3, 0.4) is 0 Å². The number of rotatable bonds is 6. The van der Waals surface area contributed by atoms with Gasteiger partial charge in [-0.05, 0) is 73.9 Å². The van der Waals surface area contributed by atoms with Gasteiger partial charge in [-0.15, -0.1) is 0 Å². The van der Waals surface area contributed by atoms with Crippen molar-refractivity contribution >= 4 is 21.6 Å². The average molecular weight is 415 g/mol. The zero-order valence-corrected chi connectivity index (χ0v) is 18.4. The number of carbonyl (C=O) groups is 1. The van der Waals surface area contributed by atoms with E-state index < -0.39 is 16.1 Å². The number of nitrogens with zero attached hydrogens (tertiary/aromatic N) is 1. The molecule has 1 aliphatic rings. The molecule has 0 fully saturated rings. The third kappa shape index (κ3) is 4.81. The molecule has 0 heterocycles. The van der Waals surface area contributed by atoms with Gasteiger partial charge in [0.25, 0.3) is 0 Å². The monoisotopic (exact) mass is 414 g/mol. The number of aryl methyl sites for hydroxylation is 3. The minimum atomic E-state index is -3.64. The van der Waals surface area contributed by atoms with E-state index in [2.05, 4.69) is 17.4 Å². The van der Waals surface area contributed by atoms with Crippen LogP contribution in [0.4, 0.5) is 5.69 Å². The molecular weight excluding hydrogens is 384 g/mol. The van der Waals surface area contributed by atoms with Crippen LogP contribution in [0.1, 0.15) is 54.5 Å². The summed E-state index contributed by atoms with van der Waals surface area (Å²) in [6, 6.07) is 12.9. The molecule has 29 heavy (non-hydrogen) atoms. The Labute approximate surface area is 174 Å². The summed E-state index contributed by atoms with van der Waals surface area (Å²) in [6.45, 7) is 5.70. The maximum atomic E-state index is 13.3. The molecule has 156 valence electrons. The van der Waals surface area contributed by atoms with Gasteiger partial charge in [-0.25, -0.2) is 8.42 Å². The fraction of sp³-hybridized carbons (Fsp3) is 0.435. The van der Waals surface area contributed by atoms with Gasteiger partial charge in [-0.1, -0.05) is 37.3 Å². The van der Waals surface area contributed by atoms with E-state index >= 15 is 0 Å². The first-order chi connectivity index (χ1) is 13.7. The van der Waals surface area contributed by atoms with Gasteiger partial charge in [0, 0.05) is 0 Å². The van der Waals surface area contributed by atoms with E-state index in [1.165, 1.54) is 9.87 Å². The Morgan fingerprint density at radius 3 is 2.45 bits per heavy atom. The molecule has 0 spiro atoms. The SMILES string of the molecule is CCC(C(=O)NC1CCCc2ccccc21)N(c1cc(C)cc(C)c1)S(C)(=O)=O. The highest BCUT2D eigenvalue weighted by atomic mass is 32.2. The number of amides is 1. The molecule has 0 saturated heterocycles. The number of anilines is 1. The van der Waals surface area contributed by atoms with Gasteiger partial charge in [-0.2, -0.15) is 0 Å². The quantitative estimate of drug-likeness (QED) is 0.776. The maximum Gasteiger partial charge on any atom is 0.244 e.